The lowest BCUT2D eigenvalue weighted by atomic mass is 10.1. The van der Waals surface area contributed by atoms with Crippen molar-refractivity contribution in [2.75, 3.05) is 14.2 Å². The summed E-state index contributed by atoms with van der Waals surface area (Å²) in [5.41, 5.74) is 1.84. The van der Waals surface area contributed by atoms with Gasteiger partial charge in [0, 0.05) is 24.7 Å². The lowest BCUT2D eigenvalue weighted by molar-refractivity contribution is -0.140. The van der Waals surface area contributed by atoms with Crippen LogP contribution in [0, 0.1) is 0 Å². The van der Waals surface area contributed by atoms with Crippen molar-refractivity contribution in [3.8, 4) is 40.3 Å². The Morgan fingerprint density at radius 3 is 2.26 bits per heavy atom. The van der Waals surface area contributed by atoms with E-state index >= 15 is 0 Å². The highest BCUT2D eigenvalue weighted by Gasteiger charge is 2.34. The zero-order valence-electron chi connectivity index (χ0n) is 22.3. The lowest BCUT2D eigenvalue weighted by Crippen LogP contribution is -2.05. The van der Waals surface area contributed by atoms with E-state index in [2.05, 4.69) is 24.9 Å². The molecule has 3 heterocycles. The van der Waals surface area contributed by atoms with Crippen LogP contribution in [0.25, 0.3) is 22.8 Å². The number of imidazole rings is 1. The second-order valence-corrected chi connectivity index (χ2v) is 8.53. The summed E-state index contributed by atoms with van der Waals surface area (Å²) in [6, 6.07) is 6.89. The topological polar surface area (TPSA) is 97.1 Å². The number of aromatic nitrogens is 6. The van der Waals surface area contributed by atoms with Crippen LogP contribution >= 0.6 is 0 Å². The largest absolute Gasteiger partial charge is 0.490 e. The number of benzene rings is 1. The van der Waals surface area contributed by atoms with Crippen molar-refractivity contribution in [1.82, 2.24) is 29.5 Å². The van der Waals surface area contributed by atoms with Gasteiger partial charge in [-0.2, -0.15) is 18.2 Å². The minimum absolute atomic E-state index is 0.138. The number of aryl methyl sites for hydroxylation is 1. The number of hydrogen-bond acceptors (Lipinski definition) is 8. The molecule has 206 valence electrons. The Bertz CT molecular complexity index is 1420. The van der Waals surface area contributed by atoms with Crippen molar-refractivity contribution >= 4 is 0 Å². The Morgan fingerprint density at radius 2 is 1.67 bits per heavy atom. The van der Waals surface area contributed by atoms with Gasteiger partial charge in [0.05, 0.1) is 26.1 Å². The maximum Gasteiger partial charge on any atom is 0.434 e. The summed E-state index contributed by atoms with van der Waals surface area (Å²) in [5.74, 6) is 1.84. The second kappa shape index (κ2) is 11.7. The zero-order valence-corrected chi connectivity index (χ0v) is 22.3. The molecule has 0 amide bonds. The van der Waals surface area contributed by atoms with E-state index in [4.69, 9.17) is 14.2 Å². The molecule has 0 unspecified atom stereocenters. The van der Waals surface area contributed by atoms with Crippen molar-refractivity contribution in [1.29, 1.82) is 0 Å². The minimum Gasteiger partial charge on any atom is -0.490 e. The molecule has 0 radical (unpaired) electrons. The average Bonchev–Trinajstić information content (AvgIpc) is 3.72. The number of methoxy groups -OCH3 is 2. The van der Waals surface area contributed by atoms with Crippen molar-refractivity contribution < 1.29 is 27.4 Å². The molecule has 12 heteroatoms. The normalized spacial score (nSPS) is 12.9. The predicted octanol–water partition coefficient (Wildman–Crippen LogP) is 5.85. The molecular formula is C27H29F3N6O3. The smallest absolute Gasteiger partial charge is 0.434 e. The van der Waals surface area contributed by atoms with Gasteiger partial charge >= 0.3 is 6.18 Å². The van der Waals surface area contributed by atoms with Crippen LogP contribution in [0.4, 0.5) is 13.2 Å². The van der Waals surface area contributed by atoms with Gasteiger partial charge in [-0.1, -0.05) is 38.1 Å². The van der Waals surface area contributed by atoms with Gasteiger partial charge in [-0.05, 0) is 18.4 Å². The van der Waals surface area contributed by atoms with E-state index < -0.39 is 11.9 Å². The molecule has 1 saturated carbocycles. The highest BCUT2D eigenvalue weighted by Crippen LogP contribution is 2.45. The summed E-state index contributed by atoms with van der Waals surface area (Å²) in [6.07, 6.45) is 1.50. The van der Waals surface area contributed by atoms with E-state index in [0.717, 1.165) is 30.3 Å². The molecule has 4 aromatic rings. The molecule has 3 aromatic heterocycles. The summed E-state index contributed by atoms with van der Waals surface area (Å²) >= 11 is 0. The molecule has 9 nitrogen and oxygen atoms in total. The van der Waals surface area contributed by atoms with Gasteiger partial charge < -0.3 is 18.8 Å². The highest BCUT2D eigenvalue weighted by molar-refractivity contribution is 5.66. The number of hydrogen-bond donors (Lipinski definition) is 0. The average molecular weight is 543 g/mol. The van der Waals surface area contributed by atoms with Crippen LogP contribution in [0.1, 0.15) is 49.6 Å². The standard InChI is InChI=1S/C25H23F3N6O3.C2H6/c1-34-11-18(25(26,27)28)32-22(34)16-6-4-14(5-7-16)12-37-23-17(35-2)10-29-21(33-23)19-20(15-8-9-15)30-13-31-24(19)36-3;1-2/h4-7,10-11,13,15H,8-9,12H2,1-3H3;1-2H3. The van der Waals surface area contributed by atoms with Crippen molar-refractivity contribution in [2.24, 2.45) is 7.05 Å². The first-order chi connectivity index (χ1) is 18.8. The third-order valence-corrected chi connectivity index (χ3v) is 5.92. The Morgan fingerprint density at radius 1 is 0.949 bits per heavy atom. The number of alkyl halides is 3. The number of halogens is 3. The van der Waals surface area contributed by atoms with E-state index in [1.165, 1.54) is 38.4 Å². The quantitative estimate of drug-likeness (QED) is 0.273. The second-order valence-electron chi connectivity index (χ2n) is 8.53. The molecule has 0 N–H and O–H groups in total. The fourth-order valence-corrected chi connectivity index (χ4v) is 3.91. The number of rotatable bonds is 8. The Kier molecular flexibility index (Phi) is 8.32. The third-order valence-electron chi connectivity index (χ3n) is 5.92. The van der Waals surface area contributed by atoms with Crippen LogP contribution in [-0.4, -0.2) is 43.7 Å². The predicted molar refractivity (Wildman–Crippen MR) is 137 cm³/mol. The molecule has 1 aliphatic rings. The molecule has 1 aromatic carbocycles. The van der Waals surface area contributed by atoms with E-state index in [1.807, 2.05) is 13.8 Å². The molecule has 0 spiro atoms. The van der Waals surface area contributed by atoms with Gasteiger partial charge in [-0.15, -0.1) is 0 Å². The van der Waals surface area contributed by atoms with Crippen LogP contribution in [0.5, 0.6) is 17.5 Å². The minimum atomic E-state index is -4.51. The highest BCUT2D eigenvalue weighted by atomic mass is 19.4. The fraction of sp³-hybridized carbons (Fsp3) is 0.370. The van der Waals surface area contributed by atoms with Crippen LogP contribution in [0.2, 0.25) is 0 Å². The third kappa shape index (κ3) is 6.10. The SMILES string of the molecule is CC.COc1cnc(-c2c(OC)ncnc2C2CC2)nc1OCc1ccc(-c2nc(C(F)(F)F)cn2C)cc1. The van der Waals surface area contributed by atoms with Crippen LogP contribution < -0.4 is 14.2 Å². The molecule has 0 aliphatic heterocycles. The molecule has 1 aliphatic carbocycles. The number of nitrogens with zero attached hydrogens (tertiary/aromatic N) is 6. The summed E-state index contributed by atoms with van der Waals surface area (Å²) in [5, 5.41) is 0. The zero-order chi connectivity index (χ0) is 28.2. The summed E-state index contributed by atoms with van der Waals surface area (Å²) in [7, 11) is 4.54. The lowest BCUT2D eigenvalue weighted by Gasteiger charge is -2.14. The first kappa shape index (κ1) is 27.8. The van der Waals surface area contributed by atoms with Crippen LogP contribution in [0.3, 0.4) is 0 Å². The van der Waals surface area contributed by atoms with Gasteiger partial charge in [0.25, 0.3) is 5.88 Å². The fourth-order valence-electron chi connectivity index (χ4n) is 3.91. The molecule has 1 fully saturated rings. The van der Waals surface area contributed by atoms with E-state index in [1.54, 1.807) is 24.3 Å². The Labute approximate surface area is 224 Å². The summed E-state index contributed by atoms with van der Waals surface area (Å²) in [4.78, 5) is 21.4. The molecule has 39 heavy (non-hydrogen) atoms. The summed E-state index contributed by atoms with van der Waals surface area (Å²) in [6.45, 7) is 4.14. The maximum absolute atomic E-state index is 13.0. The molecule has 0 atom stereocenters. The molecule has 0 saturated heterocycles. The van der Waals surface area contributed by atoms with Crippen molar-refractivity contribution in [2.45, 2.75) is 45.4 Å². The van der Waals surface area contributed by atoms with E-state index in [-0.39, 0.29) is 18.3 Å². The van der Waals surface area contributed by atoms with Crippen LogP contribution in [0.15, 0.2) is 43.0 Å². The molecule has 5 rings (SSSR count). The Balaban J connectivity index is 0.00000172. The van der Waals surface area contributed by atoms with Crippen molar-refractivity contribution in [3.05, 3.63) is 59.9 Å². The first-order valence-corrected chi connectivity index (χ1v) is 12.4. The number of ether oxygens (including phenoxy) is 3. The van der Waals surface area contributed by atoms with Crippen LogP contribution in [-0.2, 0) is 19.8 Å². The van der Waals surface area contributed by atoms with Gasteiger partial charge in [0.1, 0.15) is 24.3 Å². The molecular weight excluding hydrogens is 513 g/mol. The maximum atomic E-state index is 13.0. The van der Waals surface area contributed by atoms with Crippen molar-refractivity contribution in [3.63, 3.8) is 0 Å². The molecule has 0 bridgehead atoms. The van der Waals surface area contributed by atoms with Gasteiger partial charge in [-0.25, -0.2) is 19.9 Å². The van der Waals surface area contributed by atoms with Gasteiger partial charge in [0.15, 0.2) is 17.3 Å². The first-order valence-electron chi connectivity index (χ1n) is 12.4. The van der Waals surface area contributed by atoms with Gasteiger partial charge in [0.2, 0.25) is 5.88 Å². The van der Waals surface area contributed by atoms with Gasteiger partial charge in [-0.3, -0.25) is 0 Å². The van der Waals surface area contributed by atoms with E-state index in [9.17, 15) is 13.2 Å². The summed E-state index contributed by atoms with van der Waals surface area (Å²) < 4.78 is 57.1. The Hall–Kier alpha value is -4.22. The monoisotopic (exact) mass is 542 g/mol. The van der Waals surface area contributed by atoms with E-state index in [0.29, 0.717) is 34.5 Å².